The number of phosphoric ester groups is 1. The van der Waals surface area contributed by atoms with Crippen LogP contribution in [0.5, 0.6) is 0 Å². The summed E-state index contributed by atoms with van der Waals surface area (Å²) < 4.78 is 37.7. The quantitative estimate of drug-likeness (QED) is 0.110. The number of nitrogens with zero attached hydrogens (tertiary/aromatic N) is 1. The van der Waals surface area contributed by atoms with E-state index in [1.54, 1.807) is 0 Å². The molecule has 2 aliphatic heterocycles. The fourth-order valence-corrected chi connectivity index (χ4v) is 6.74. The lowest BCUT2D eigenvalue weighted by molar-refractivity contribution is -0.292. The lowest BCUT2D eigenvalue weighted by atomic mass is 9.96. The molecule has 0 saturated carbocycles. The van der Waals surface area contributed by atoms with Gasteiger partial charge in [0.15, 0.2) is 12.5 Å². The molecule has 218 valence electrons. The molecular formula is C16H27N3O16P2S. The second kappa shape index (κ2) is 12.2. The van der Waals surface area contributed by atoms with E-state index in [1.807, 2.05) is 4.98 Å². The zero-order valence-corrected chi connectivity index (χ0v) is 21.6. The summed E-state index contributed by atoms with van der Waals surface area (Å²) >= 11 is 4.66. The number of phosphoric acid groups is 1. The second-order valence-corrected chi connectivity index (χ2v) is 12.6. The summed E-state index contributed by atoms with van der Waals surface area (Å²) in [6.45, 7) is -6.39. The minimum absolute atomic E-state index is 0.691. The standard InChI is InChI=1S/C16H27N3O16P2S/c17-8-9(23)6(32-14(8)19-2-1-7(22)18-16(19)27)4-31-37(30,38)35-36(28,29)34-15-12(26)10(24)11(25)13(33-15)5(21)3-20/h1-2,5-6,8-15,20-21,23-26H,3-4,17H2,(H,28,29)(H,30,38)(H,18,22,27)/t5-,6+,8+,9+,10?,11?,12?,13?,14+,15?,37?/m0/s1. The molecule has 3 heterocycles. The number of H-pyrrole nitrogens is 1. The zero-order valence-electron chi connectivity index (χ0n) is 19.0. The van der Waals surface area contributed by atoms with Gasteiger partial charge in [-0.15, -0.1) is 0 Å². The van der Waals surface area contributed by atoms with Crippen molar-refractivity contribution in [3.8, 4) is 0 Å². The minimum Gasteiger partial charge on any atom is -0.394 e. The predicted molar refractivity (Wildman–Crippen MR) is 123 cm³/mol. The van der Waals surface area contributed by atoms with Crippen LogP contribution < -0.4 is 17.0 Å². The second-order valence-electron chi connectivity index (χ2n) is 8.26. The van der Waals surface area contributed by atoms with Gasteiger partial charge in [0, 0.05) is 12.3 Å². The molecule has 7 unspecified atom stereocenters. The number of aromatic nitrogens is 2. The van der Waals surface area contributed by atoms with Crippen LogP contribution in [0.3, 0.4) is 0 Å². The first-order chi connectivity index (χ1) is 17.6. The Balaban J connectivity index is 1.62. The fourth-order valence-electron chi connectivity index (χ4n) is 3.64. The van der Waals surface area contributed by atoms with E-state index in [4.69, 9.17) is 24.8 Å². The van der Waals surface area contributed by atoms with Gasteiger partial charge in [-0.3, -0.25) is 18.9 Å². The van der Waals surface area contributed by atoms with Crippen LogP contribution in [0.4, 0.5) is 0 Å². The number of ether oxygens (including phenoxy) is 2. The molecule has 1 aromatic rings. The van der Waals surface area contributed by atoms with Gasteiger partial charge in [-0.25, -0.2) is 13.7 Å². The molecule has 0 radical (unpaired) electrons. The highest BCUT2D eigenvalue weighted by Gasteiger charge is 2.50. The molecule has 19 nitrogen and oxygen atoms in total. The Hall–Kier alpha value is -1.00. The molecule has 2 fully saturated rings. The van der Waals surface area contributed by atoms with E-state index < -0.39 is 100 Å². The van der Waals surface area contributed by atoms with Gasteiger partial charge in [-0.05, 0) is 11.8 Å². The number of aromatic amines is 1. The summed E-state index contributed by atoms with van der Waals surface area (Å²) in [5, 5.41) is 58.8. The lowest BCUT2D eigenvalue weighted by Crippen LogP contribution is -2.61. The number of aliphatic hydroxyl groups is 6. The van der Waals surface area contributed by atoms with E-state index in [2.05, 4.69) is 20.6 Å². The van der Waals surface area contributed by atoms with Crippen molar-refractivity contribution >= 4 is 26.3 Å². The number of nitrogens with two attached hydrogens (primary N) is 1. The van der Waals surface area contributed by atoms with Crippen LogP contribution in [0.25, 0.3) is 0 Å². The molecule has 0 amide bonds. The van der Waals surface area contributed by atoms with E-state index in [0.717, 1.165) is 16.8 Å². The Morgan fingerprint density at radius 1 is 1.13 bits per heavy atom. The molecule has 12 atom stereocenters. The van der Waals surface area contributed by atoms with Gasteiger partial charge in [-0.2, -0.15) is 0 Å². The van der Waals surface area contributed by atoms with Crippen LogP contribution in [-0.2, 0) is 39.2 Å². The molecule has 0 spiro atoms. The van der Waals surface area contributed by atoms with Crippen molar-refractivity contribution in [2.75, 3.05) is 13.2 Å². The van der Waals surface area contributed by atoms with Crippen molar-refractivity contribution in [3.05, 3.63) is 33.1 Å². The van der Waals surface area contributed by atoms with Crippen molar-refractivity contribution in [1.29, 1.82) is 0 Å². The first-order valence-corrected chi connectivity index (χ1v) is 14.7. The SMILES string of the molecule is N[C@@H]1[C@H](O)[C@@H](COP(O)(=S)OP(=O)(O)OC2OC([C@@H](O)CO)C(O)C(O)C2O)O[C@H]1n1ccc(=O)[nH]c1=O. The molecule has 2 saturated heterocycles. The maximum atomic E-state index is 12.4. The largest absolute Gasteiger partial charge is 0.481 e. The number of hydrogen-bond donors (Lipinski definition) is 10. The Labute approximate surface area is 217 Å². The van der Waals surface area contributed by atoms with E-state index in [1.165, 1.54) is 0 Å². The maximum Gasteiger partial charge on any atom is 0.481 e. The average molecular weight is 611 g/mol. The van der Waals surface area contributed by atoms with Crippen LogP contribution in [0, 0.1) is 0 Å². The molecular weight excluding hydrogens is 584 g/mol. The summed E-state index contributed by atoms with van der Waals surface area (Å²) in [5.41, 5.74) is 4.29. The van der Waals surface area contributed by atoms with Crippen LogP contribution in [0.15, 0.2) is 21.9 Å². The monoisotopic (exact) mass is 611 g/mol. The smallest absolute Gasteiger partial charge is 0.394 e. The predicted octanol–water partition coefficient (Wildman–Crippen LogP) is -5.35. The van der Waals surface area contributed by atoms with Crippen molar-refractivity contribution in [3.63, 3.8) is 0 Å². The van der Waals surface area contributed by atoms with Gasteiger partial charge < -0.3 is 60.2 Å². The van der Waals surface area contributed by atoms with E-state index in [0.29, 0.717) is 0 Å². The molecule has 1 aromatic heterocycles. The third-order valence-electron chi connectivity index (χ3n) is 5.56. The Kier molecular flexibility index (Phi) is 10.2. The third kappa shape index (κ3) is 7.19. The Morgan fingerprint density at radius 2 is 1.79 bits per heavy atom. The topological polar surface area (TPSA) is 306 Å². The summed E-state index contributed by atoms with van der Waals surface area (Å²) in [4.78, 5) is 45.4. The molecule has 0 aromatic carbocycles. The van der Waals surface area contributed by atoms with E-state index >= 15 is 0 Å². The number of rotatable bonds is 10. The van der Waals surface area contributed by atoms with Gasteiger partial charge in [0.1, 0.15) is 42.7 Å². The summed E-state index contributed by atoms with van der Waals surface area (Å²) in [5.74, 6) is 0. The van der Waals surface area contributed by atoms with E-state index in [9.17, 15) is 49.5 Å². The summed E-state index contributed by atoms with van der Waals surface area (Å²) in [7, 11) is -5.45. The number of hydrogen-bond acceptors (Lipinski definition) is 16. The third-order valence-corrected chi connectivity index (χ3v) is 9.08. The van der Waals surface area contributed by atoms with Crippen molar-refractivity contribution in [2.45, 2.75) is 61.3 Å². The summed E-state index contributed by atoms with van der Waals surface area (Å²) in [6, 6.07) is -0.210. The van der Waals surface area contributed by atoms with Crippen molar-refractivity contribution in [2.24, 2.45) is 5.73 Å². The van der Waals surface area contributed by atoms with Crippen LogP contribution in [0.1, 0.15) is 6.23 Å². The maximum absolute atomic E-state index is 12.4. The molecule has 2 aliphatic rings. The van der Waals surface area contributed by atoms with Gasteiger partial charge in [0.05, 0.1) is 19.3 Å². The van der Waals surface area contributed by atoms with Crippen LogP contribution in [-0.4, -0.2) is 118 Å². The molecule has 38 heavy (non-hydrogen) atoms. The highest BCUT2D eigenvalue weighted by Crippen LogP contribution is 2.61. The fraction of sp³-hybridized carbons (Fsp3) is 0.750. The average Bonchev–Trinajstić information content (AvgIpc) is 3.10. The number of nitrogens with one attached hydrogen (secondary N) is 1. The van der Waals surface area contributed by atoms with Gasteiger partial charge in [-0.1, -0.05) is 0 Å². The van der Waals surface area contributed by atoms with Gasteiger partial charge in [0.25, 0.3) is 5.56 Å². The lowest BCUT2D eigenvalue weighted by Gasteiger charge is -2.41. The van der Waals surface area contributed by atoms with Crippen molar-refractivity contribution < 1.29 is 67.8 Å². The minimum atomic E-state index is -5.45. The first-order valence-electron chi connectivity index (χ1n) is 10.7. The first kappa shape index (κ1) is 31.5. The highest BCUT2D eigenvalue weighted by atomic mass is 32.5. The zero-order chi connectivity index (χ0) is 28.6. The molecule has 0 bridgehead atoms. The molecule has 0 aliphatic carbocycles. The number of aliphatic hydroxyl groups excluding tert-OH is 6. The van der Waals surface area contributed by atoms with Crippen molar-refractivity contribution in [1.82, 2.24) is 9.55 Å². The highest BCUT2D eigenvalue weighted by molar-refractivity contribution is 8.08. The van der Waals surface area contributed by atoms with Crippen LogP contribution in [0.2, 0.25) is 0 Å². The van der Waals surface area contributed by atoms with Gasteiger partial charge >= 0.3 is 20.2 Å². The van der Waals surface area contributed by atoms with Gasteiger partial charge in [0.2, 0.25) is 0 Å². The Bertz CT molecular complexity index is 1180. The Morgan fingerprint density at radius 3 is 2.39 bits per heavy atom. The van der Waals surface area contributed by atoms with E-state index in [-0.39, 0.29) is 0 Å². The molecule has 3 rings (SSSR count). The molecule has 22 heteroatoms. The normalized spacial score (nSPS) is 37.9. The van der Waals surface area contributed by atoms with Crippen LogP contribution >= 0.6 is 14.5 Å². The summed E-state index contributed by atoms with van der Waals surface area (Å²) in [6.07, 6.45) is -14.9. The molecule has 11 N–H and O–H groups in total.